The zero-order valence-electron chi connectivity index (χ0n) is 12.5. The minimum Gasteiger partial charge on any atom is -0.311 e. The summed E-state index contributed by atoms with van der Waals surface area (Å²) in [5.41, 5.74) is 1.06. The molecular weight excluding hydrogens is 286 g/mol. The minimum absolute atomic E-state index is 0.274. The van der Waals surface area contributed by atoms with Gasteiger partial charge in [0.25, 0.3) is 0 Å². The van der Waals surface area contributed by atoms with E-state index in [4.69, 9.17) is 0 Å². The van der Waals surface area contributed by atoms with Gasteiger partial charge < -0.3 is 5.32 Å². The highest BCUT2D eigenvalue weighted by Gasteiger charge is 2.27. The molecule has 0 amide bonds. The average molecular weight is 311 g/mol. The third-order valence-corrected chi connectivity index (χ3v) is 6.52. The molecule has 1 saturated heterocycles. The fraction of sp³-hybridized carbons (Fsp3) is 0.800. The van der Waals surface area contributed by atoms with Gasteiger partial charge in [-0.05, 0) is 37.8 Å². The normalized spacial score (nSPS) is 26.2. The van der Waals surface area contributed by atoms with Crippen molar-refractivity contribution in [1.29, 1.82) is 0 Å². The Hall–Kier alpha value is -0.880. The van der Waals surface area contributed by atoms with E-state index in [9.17, 15) is 8.42 Å². The summed E-state index contributed by atoms with van der Waals surface area (Å²) in [4.78, 5) is 0. The second-order valence-corrected chi connectivity index (χ2v) is 8.71. The predicted octanol–water partition coefficient (Wildman–Crippen LogP) is 1.91. The summed E-state index contributed by atoms with van der Waals surface area (Å²) < 4.78 is 24.9. The molecule has 2 fully saturated rings. The Labute approximate surface area is 127 Å². The molecule has 1 aromatic heterocycles. The fourth-order valence-electron chi connectivity index (χ4n) is 3.46. The summed E-state index contributed by atoms with van der Waals surface area (Å²) in [5, 5.41) is 8.02. The molecule has 0 bridgehead atoms. The molecule has 1 unspecified atom stereocenters. The lowest BCUT2D eigenvalue weighted by Crippen LogP contribution is -2.23. The van der Waals surface area contributed by atoms with Crippen molar-refractivity contribution in [3.8, 4) is 0 Å². The fourth-order valence-corrected chi connectivity index (χ4v) is 5.32. The van der Waals surface area contributed by atoms with Gasteiger partial charge >= 0.3 is 0 Å². The van der Waals surface area contributed by atoms with E-state index in [2.05, 4.69) is 27.4 Å². The van der Waals surface area contributed by atoms with Crippen molar-refractivity contribution >= 4 is 9.84 Å². The molecule has 6 heteroatoms. The summed E-state index contributed by atoms with van der Waals surface area (Å²) in [6, 6.07) is 2.65. The van der Waals surface area contributed by atoms with Crippen LogP contribution in [-0.2, 0) is 16.4 Å². The monoisotopic (exact) mass is 311 g/mol. The van der Waals surface area contributed by atoms with Crippen LogP contribution in [0.1, 0.15) is 50.3 Å². The molecule has 1 aliphatic heterocycles. The molecule has 1 aromatic rings. The average Bonchev–Trinajstić information content (AvgIpc) is 3.07. The van der Waals surface area contributed by atoms with E-state index in [0.717, 1.165) is 25.2 Å². The van der Waals surface area contributed by atoms with Gasteiger partial charge in [-0.25, -0.2) is 8.42 Å². The molecule has 2 heterocycles. The van der Waals surface area contributed by atoms with E-state index in [1.165, 1.54) is 32.1 Å². The third kappa shape index (κ3) is 4.07. The number of aromatic nitrogens is 2. The lowest BCUT2D eigenvalue weighted by Gasteiger charge is -2.21. The molecule has 5 nitrogen and oxygen atoms in total. The Bertz CT molecular complexity index is 561. The van der Waals surface area contributed by atoms with E-state index in [1.54, 1.807) is 0 Å². The Kier molecular flexibility index (Phi) is 4.64. The van der Waals surface area contributed by atoms with Gasteiger partial charge in [-0.3, -0.25) is 4.68 Å². The lowest BCUT2D eigenvalue weighted by molar-refractivity contribution is 0.327. The van der Waals surface area contributed by atoms with Gasteiger partial charge in [0.05, 0.1) is 23.2 Å². The van der Waals surface area contributed by atoms with Crippen LogP contribution in [0.5, 0.6) is 0 Å². The summed E-state index contributed by atoms with van der Waals surface area (Å²) in [6.07, 6.45) is 9.36. The highest BCUT2D eigenvalue weighted by atomic mass is 32.2. The molecule has 1 aliphatic carbocycles. The highest BCUT2D eigenvalue weighted by Crippen LogP contribution is 2.27. The predicted molar refractivity (Wildman–Crippen MR) is 82.8 cm³/mol. The highest BCUT2D eigenvalue weighted by molar-refractivity contribution is 7.91. The first-order valence-corrected chi connectivity index (χ1v) is 9.90. The van der Waals surface area contributed by atoms with Crippen LogP contribution >= 0.6 is 0 Å². The molecular formula is C15H25N3O2S. The van der Waals surface area contributed by atoms with Gasteiger partial charge in [-0.1, -0.05) is 19.3 Å². The maximum absolute atomic E-state index is 11.4. The standard InChI is InChI=1S/C15H25N3O2S/c19-21(20)9-7-13(12-21)10-16-11-14-6-8-18(17-14)15-4-2-1-3-5-15/h6,8,13,15-16H,1-5,7,9-12H2. The smallest absolute Gasteiger partial charge is 0.150 e. The Morgan fingerprint density at radius 1 is 1.24 bits per heavy atom. The van der Waals surface area contributed by atoms with Gasteiger partial charge in [0.1, 0.15) is 0 Å². The maximum atomic E-state index is 11.4. The summed E-state index contributed by atoms with van der Waals surface area (Å²) in [7, 11) is -2.76. The van der Waals surface area contributed by atoms with Crippen molar-refractivity contribution in [2.75, 3.05) is 18.1 Å². The zero-order chi connectivity index (χ0) is 14.7. The van der Waals surface area contributed by atoms with Crippen LogP contribution in [0.2, 0.25) is 0 Å². The van der Waals surface area contributed by atoms with E-state index in [-0.39, 0.29) is 5.92 Å². The van der Waals surface area contributed by atoms with Crippen LogP contribution in [0.4, 0.5) is 0 Å². The van der Waals surface area contributed by atoms with E-state index < -0.39 is 9.84 Å². The maximum Gasteiger partial charge on any atom is 0.150 e. The van der Waals surface area contributed by atoms with Crippen LogP contribution in [0.15, 0.2) is 12.3 Å². The summed E-state index contributed by atoms with van der Waals surface area (Å²) in [5.74, 6) is 0.974. The molecule has 2 aliphatic rings. The van der Waals surface area contributed by atoms with Crippen LogP contribution < -0.4 is 5.32 Å². The van der Waals surface area contributed by atoms with Gasteiger partial charge in [0, 0.05) is 12.7 Å². The van der Waals surface area contributed by atoms with Crippen molar-refractivity contribution in [1.82, 2.24) is 15.1 Å². The van der Waals surface area contributed by atoms with Crippen molar-refractivity contribution in [3.05, 3.63) is 18.0 Å². The van der Waals surface area contributed by atoms with Crippen LogP contribution in [0, 0.1) is 5.92 Å². The van der Waals surface area contributed by atoms with E-state index in [1.807, 2.05) is 0 Å². The first kappa shape index (κ1) is 15.0. The molecule has 1 N–H and O–H groups in total. The van der Waals surface area contributed by atoms with Crippen LogP contribution in [-0.4, -0.2) is 36.2 Å². The summed E-state index contributed by atoms with van der Waals surface area (Å²) >= 11 is 0. The second kappa shape index (κ2) is 6.48. The molecule has 3 rings (SSSR count). The Morgan fingerprint density at radius 2 is 2.05 bits per heavy atom. The molecule has 0 spiro atoms. The number of sulfone groups is 1. The molecule has 0 radical (unpaired) electrons. The van der Waals surface area contributed by atoms with Gasteiger partial charge in [-0.15, -0.1) is 0 Å². The van der Waals surface area contributed by atoms with Crippen molar-refractivity contribution in [2.45, 2.75) is 51.1 Å². The van der Waals surface area contributed by atoms with E-state index >= 15 is 0 Å². The largest absolute Gasteiger partial charge is 0.311 e. The van der Waals surface area contributed by atoms with Gasteiger partial charge in [0.15, 0.2) is 9.84 Å². The first-order chi connectivity index (χ1) is 10.1. The quantitative estimate of drug-likeness (QED) is 0.902. The number of nitrogens with one attached hydrogen (secondary N) is 1. The molecule has 0 aromatic carbocycles. The topological polar surface area (TPSA) is 64.0 Å². The first-order valence-electron chi connectivity index (χ1n) is 8.07. The summed E-state index contributed by atoms with van der Waals surface area (Å²) in [6.45, 7) is 1.51. The van der Waals surface area contributed by atoms with Crippen LogP contribution in [0.25, 0.3) is 0 Å². The lowest BCUT2D eigenvalue weighted by atomic mass is 9.96. The van der Waals surface area contributed by atoms with Crippen LogP contribution in [0.3, 0.4) is 0 Å². The van der Waals surface area contributed by atoms with E-state index in [0.29, 0.717) is 17.5 Å². The third-order valence-electron chi connectivity index (χ3n) is 4.68. The van der Waals surface area contributed by atoms with Crippen molar-refractivity contribution in [3.63, 3.8) is 0 Å². The number of hydrogen-bond donors (Lipinski definition) is 1. The molecule has 1 saturated carbocycles. The van der Waals surface area contributed by atoms with Gasteiger partial charge in [-0.2, -0.15) is 5.10 Å². The van der Waals surface area contributed by atoms with Crippen molar-refractivity contribution < 1.29 is 8.42 Å². The Morgan fingerprint density at radius 3 is 2.76 bits per heavy atom. The number of rotatable bonds is 5. The minimum atomic E-state index is -2.76. The van der Waals surface area contributed by atoms with Gasteiger partial charge in [0.2, 0.25) is 0 Å². The van der Waals surface area contributed by atoms with Crippen molar-refractivity contribution in [2.24, 2.45) is 5.92 Å². The SMILES string of the molecule is O=S1(=O)CCC(CNCc2ccn(C3CCCCC3)n2)C1. The molecule has 118 valence electrons. The number of hydrogen-bond acceptors (Lipinski definition) is 4. The molecule has 21 heavy (non-hydrogen) atoms. The molecule has 1 atom stereocenters. The second-order valence-electron chi connectivity index (χ2n) is 6.48. The number of nitrogens with zero attached hydrogens (tertiary/aromatic N) is 2. The zero-order valence-corrected chi connectivity index (χ0v) is 13.3. The Balaban J connectivity index is 1.44.